The van der Waals surface area contributed by atoms with Crippen molar-refractivity contribution in [2.24, 2.45) is 0 Å². The van der Waals surface area contributed by atoms with Gasteiger partial charge in [-0.05, 0) is 19.1 Å². The number of fused-ring (bicyclic) bond motifs is 1. The summed E-state index contributed by atoms with van der Waals surface area (Å²) in [5, 5.41) is 11.9. The van der Waals surface area contributed by atoms with Gasteiger partial charge in [0.25, 0.3) is 11.1 Å². The molecule has 6 nitrogen and oxygen atoms in total. The number of hydrogen-bond donors (Lipinski definition) is 2. The molecule has 8 heteroatoms. The Bertz CT molecular complexity index is 1020. The van der Waals surface area contributed by atoms with Crippen molar-refractivity contribution in [2.75, 3.05) is 6.61 Å². The van der Waals surface area contributed by atoms with E-state index >= 15 is 0 Å². The minimum absolute atomic E-state index is 0.0517. The molecule has 0 unspecified atom stereocenters. The van der Waals surface area contributed by atoms with E-state index in [1.807, 2.05) is 0 Å². The molecular weight excluding hydrogens is 308 g/mol. The van der Waals surface area contributed by atoms with Gasteiger partial charge in [-0.1, -0.05) is 0 Å². The maximum atomic E-state index is 13.9. The number of nitrogens with one attached hydrogen (secondary N) is 1. The summed E-state index contributed by atoms with van der Waals surface area (Å²) in [5.41, 5.74) is -0.487. The summed E-state index contributed by atoms with van der Waals surface area (Å²) in [7, 11) is 0. The number of hydrogen-bond acceptors (Lipinski definition) is 3. The standard InChI is InChI=1S/C15H13F2N3O3/c1-8-14-11(7-13(22)19(8)4-5-21)18-20(15(14)23)12-3-2-9(16)6-10(12)17/h2-3,6-7,18,21H,4-5H2,1H3. The Balaban J connectivity index is 2.33. The molecule has 0 amide bonds. The number of nitrogens with zero attached hydrogens (tertiary/aromatic N) is 2. The smallest absolute Gasteiger partial charge is 0.280 e. The van der Waals surface area contributed by atoms with Gasteiger partial charge in [0, 0.05) is 24.4 Å². The van der Waals surface area contributed by atoms with Crippen LogP contribution in [0, 0.1) is 18.6 Å². The quantitative estimate of drug-likeness (QED) is 0.757. The van der Waals surface area contributed by atoms with E-state index in [0.717, 1.165) is 16.8 Å². The molecule has 0 saturated carbocycles. The van der Waals surface area contributed by atoms with Crippen LogP contribution in [0.25, 0.3) is 16.6 Å². The van der Waals surface area contributed by atoms with Crippen molar-refractivity contribution in [1.29, 1.82) is 0 Å². The monoisotopic (exact) mass is 321 g/mol. The number of aromatic nitrogens is 3. The number of aryl methyl sites for hydroxylation is 1. The van der Waals surface area contributed by atoms with Gasteiger partial charge >= 0.3 is 0 Å². The minimum atomic E-state index is -0.901. The lowest BCUT2D eigenvalue weighted by atomic mass is 10.2. The third-order valence-corrected chi connectivity index (χ3v) is 3.69. The van der Waals surface area contributed by atoms with E-state index in [1.54, 1.807) is 6.92 Å². The first kappa shape index (κ1) is 15.2. The third kappa shape index (κ3) is 2.36. The zero-order valence-electron chi connectivity index (χ0n) is 12.1. The molecule has 0 radical (unpaired) electrons. The Hall–Kier alpha value is -2.74. The molecule has 0 fully saturated rings. The Morgan fingerprint density at radius 2 is 1.96 bits per heavy atom. The van der Waals surface area contributed by atoms with Gasteiger partial charge in [-0.2, -0.15) is 0 Å². The molecular formula is C15H13F2N3O3. The second-order valence-corrected chi connectivity index (χ2v) is 5.08. The number of halogens is 2. The highest BCUT2D eigenvalue weighted by Crippen LogP contribution is 2.16. The second-order valence-electron chi connectivity index (χ2n) is 5.08. The third-order valence-electron chi connectivity index (χ3n) is 3.69. The van der Waals surface area contributed by atoms with Crippen molar-refractivity contribution in [2.45, 2.75) is 13.5 Å². The highest BCUT2D eigenvalue weighted by atomic mass is 19.1. The van der Waals surface area contributed by atoms with Crippen LogP contribution in [-0.4, -0.2) is 26.1 Å². The number of aliphatic hydroxyl groups is 1. The zero-order chi connectivity index (χ0) is 16.7. The van der Waals surface area contributed by atoms with Crippen LogP contribution in [-0.2, 0) is 6.54 Å². The average Bonchev–Trinajstić information content (AvgIpc) is 2.80. The summed E-state index contributed by atoms with van der Waals surface area (Å²) < 4.78 is 29.1. The van der Waals surface area contributed by atoms with Gasteiger partial charge in [0.1, 0.15) is 11.5 Å². The SMILES string of the molecule is Cc1c2c(=O)n(-c3ccc(F)cc3F)[nH]c2cc(=O)n1CCO. The molecule has 1 aromatic carbocycles. The van der Waals surface area contributed by atoms with Gasteiger partial charge in [0.05, 0.1) is 17.5 Å². The van der Waals surface area contributed by atoms with Crippen LogP contribution in [0.4, 0.5) is 8.78 Å². The molecule has 0 aliphatic heterocycles. The fraction of sp³-hybridized carbons (Fsp3) is 0.200. The predicted octanol–water partition coefficient (Wildman–Crippen LogP) is 1.06. The van der Waals surface area contributed by atoms with Gasteiger partial charge in [-0.3, -0.25) is 14.7 Å². The number of benzene rings is 1. The lowest BCUT2D eigenvalue weighted by molar-refractivity contribution is 0.273. The van der Waals surface area contributed by atoms with E-state index < -0.39 is 22.8 Å². The summed E-state index contributed by atoms with van der Waals surface area (Å²) in [6.07, 6.45) is 0. The van der Waals surface area contributed by atoms with Gasteiger partial charge in [-0.15, -0.1) is 0 Å². The number of aliphatic hydroxyl groups excluding tert-OH is 1. The fourth-order valence-electron chi connectivity index (χ4n) is 2.62. The Labute approximate surface area is 128 Å². The molecule has 0 bridgehead atoms. The van der Waals surface area contributed by atoms with Crippen molar-refractivity contribution < 1.29 is 13.9 Å². The van der Waals surface area contributed by atoms with Crippen molar-refractivity contribution in [1.82, 2.24) is 14.3 Å². The Morgan fingerprint density at radius 1 is 1.22 bits per heavy atom. The van der Waals surface area contributed by atoms with Gasteiger partial charge < -0.3 is 9.67 Å². The molecule has 2 N–H and O–H groups in total. The van der Waals surface area contributed by atoms with Crippen LogP contribution in [0.15, 0.2) is 33.9 Å². The van der Waals surface area contributed by atoms with E-state index in [4.69, 9.17) is 5.11 Å². The fourth-order valence-corrected chi connectivity index (χ4v) is 2.62. The molecule has 0 aliphatic carbocycles. The largest absolute Gasteiger partial charge is 0.395 e. The number of aromatic amines is 1. The molecule has 120 valence electrons. The molecule has 23 heavy (non-hydrogen) atoms. The number of H-pyrrole nitrogens is 1. The average molecular weight is 321 g/mol. The van der Waals surface area contributed by atoms with Crippen LogP contribution in [0.5, 0.6) is 0 Å². The van der Waals surface area contributed by atoms with Gasteiger partial charge in [0.15, 0.2) is 5.82 Å². The molecule has 0 spiro atoms. The van der Waals surface area contributed by atoms with Crippen LogP contribution in [0.3, 0.4) is 0 Å². The summed E-state index contributed by atoms with van der Waals surface area (Å²) in [6.45, 7) is 1.37. The number of pyridine rings is 1. The summed E-state index contributed by atoms with van der Waals surface area (Å²) >= 11 is 0. The van der Waals surface area contributed by atoms with Gasteiger partial charge in [0.2, 0.25) is 0 Å². The van der Waals surface area contributed by atoms with Crippen molar-refractivity contribution in [3.05, 3.63) is 62.3 Å². The maximum Gasteiger partial charge on any atom is 0.280 e. The van der Waals surface area contributed by atoms with Crippen LogP contribution >= 0.6 is 0 Å². The summed E-state index contributed by atoms with van der Waals surface area (Å²) in [4.78, 5) is 24.6. The first-order valence-electron chi connectivity index (χ1n) is 6.85. The van der Waals surface area contributed by atoms with Crippen molar-refractivity contribution in [3.8, 4) is 5.69 Å². The molecule has 3 aromatic rings. The number of rotatable bonds is 3. The second kappa shape index (κ2) is 5.47. The van der Waals surface area contributed by atoms with Crippen molar-refractivity contribution >= 4 is 10.9 Å². The zero-order valence-corrected chi connectivity index (χ0v) is 12.1. The minimum Gasteiger partial charge on any atom is -0.395 e. The lowest BCUT2D eigenvalue weighted by Crippen LogP contribution is -2.24. The Kier molecular flexibility index (Phi) is 3.61. The van der Waals surface area contributed by atoms with E-state index in [9.17, 15) is 18.4 Å². The first-order chi connectivity index (χ1) is 10.9. The van der Waals surface area contributed by atoms with E-state index in [0.29, 0.717) is 11.8 Å². The molecule has 3 rings (SSSR count). The van der Waals surface area contributed by atoms with Crippen LogP contribution in [0.2, 0.25) is 0 Å². The highest BCUT2D eigenvalue weighted by Gasteiger charge is 2.17. The Morgan fingerprint density at radius 3 is 2.61 bits per heavy atom. The molecule has 2 heterocycles. The summed E-state index contributed by atoms with van der Waals surface area (Å²) in [5.74, 6) is -1.66. The first-order valence-corrected chi connectivity index (χ1v) is 6.85. The lowest BCUT2D eigenvalue weighted by Gasteiger charge is -2.07. The van der Waals surface area contributed by atoms with E-state index in [1.165, 1.54) is 10.6 Å². The molecule has 0 aliphatic rings. The topological polar surface area (TPSA) is 80.0 Å². The predicted molar refractivity (Wildman–Crippen MR) is 79.9 cm³/mol. The van der Waals surface area contributed by atoms with Crippen LogP contribution < -0.4 is 11.1 Å². The van der Waals surface area contributed by atoms with Crippen LogP contribution in [0.1, 0.15) is 5.69 Å². The maximum absolute atomic E-state index is 13.9. The highest BCUT2D eigenvalue weighted by molar-refractivity contribution is 5.80. The van der Waals surface area contributed by atoms with Gasteiger partial charge in [-0.25, -0.2) is 13.5 Å². The molecule has 2 aromatic heterocycles. The van der Waals surface area contributed by atoms with E-state index in [-0.39, 0.29) is 29.7 Å². The molecule has 0 saturated heterocycles. The molecule has 0 atom stereocenters. The van der Waals surface area contributed by atoms with Crippen molar-refractivity contribution in [3.63, 3.8) is 0 Å². The van der Waals surface area contributed by atoms with E-state index in [2.05, 4.69) is 5.10 Å². The summed E-state index contributed by atoms with van der Waals surface area (Å²) in [6, 6.07) is 4.05. The normalized spacial score (nSPS) is 11.3.